The second kappa shape index (κ2) is 10.1. The van der Waals surface area contributed by atoms with Gasteiger partial charge in [-0.2, -0.15) is 0 Å². The number of hydrogen-bond donors (Lipinski definition) is 1. The highest BCUT2D eigenvalue weighted by molar-refractivity contribution is 7.88. The minimum atomic E-state index is -3.29. The Morgan fingerprint density at radius 2 is 1.50 bits per heavy atom. The quantitative estimate of drug-likeness (QED) is 0.694. The zero-order valence-corrected chi connectivity index (χ0v) is 15.9. The van der Waals surface area contributed by atoms with Crippen LogP contribution in [0.2, 0.25) is 0 Å². The highest BCUT2D eigenvalue weighted by Gasteiger charge is 2.16. The second-order valence-corrected chi connectivity index (χ2v) is 8.25. The Morgan fingerprint density at radius 1 is 0.923 bits per heavy atom. The van der Waals surface area contributed by atoms with Gasteiger partial charge >= 0.3 is 0 Å². The Labute approximate surface area is 156 Å². The maximum atomic E-state index is 12.0. The van der Waals surface area contributed by atoms with Crippen LogP contribution in [0.15, 0.2) is 60.7 Å². The van der Waals surface area contributed by atoms with Gasteiger partial charge in [-0.05, 0) is 24.0 Å². The fourth-order valence-electron chi connectivity index (χ4n) is 2.71. The standard InChI is InChI=1S/C20H26N2O3S/c1-26(24,25)22(15-8-13-18-9-4-2-5-10-18)16-14-21-20(23)17-19-11-6-3-7-12-19/h2-7,9-12H,8,13-17H2,1H3,(H,21,23). The van der Waals surface area contributed by atoms with Gasteiger partial charge in [-0.15, -0.1) is 0 Å². The van der Waals surface area contributed by atoms with Gasteiger partial charge in [0.05, 0.1) is 12.7 Å². The van der Waals surface area contributed by atoms with E-state index in [2.05, 4.69) is 5.32 Å². The Morgan fingerprint density at radius 3 is 2.08 bits per heavy atom. The highest BCUT2D eigenvalue weighted by Crippen LogP contribution is 2.06. The Kier molecular flexibility index (Phi) is 7.81. The summed E-state index contributed by atoms with van der Waals surface area (Å²) in [4.78, 5) is 12.0. The first-order valence-corrected chi connectivity index (χ1v) is 10.6. The summed E-state index contributed by atoms with van der Waals surface area (Å²) < 4.78 is 25.3. The third-order valence-electron chi connectivity index (χ3n) is 4.08. The molecule has 2 aromatic rings. The number of nitrogens with zero attached hydrogens (tertiary/aromatic N) is 1. The molecule has 5 nitrogen and oxygen atoms in total. The van der Waals surface area contributed by atoms with E-state index in [0.29, 0.717) is 19.5 Å². The Bertz CT molecular complexity index is 777. The Balaban J connectivity index is 1.76. The van der Waals surface area contributed by atoms with Crippen molar-refractivity contribution >= 4 is 15.9 Å². The number of aryl methyl sites for hydroxylation is 1. The number of hydrogen-bond acceptors (Lipinski definition) is 3. The number of nitrogens with one attached hydrogen (secondary N) is 1. The lowest BCUT2D eigenvalue weighted by Crippen LogP contribution is -2.39. The molecule has 1 amide bonds. The van der Waals surface area contributed by atoms with E-state index < -0.39 is 10.0 Å². The minimum Gasteiger partial charge on any atom is -0.354 e. The molecule has 1 N–H and O–H groups in total. The monoisotopic (exact) mass is 374 g/mol. The van der Waals surface area contributed by atoms with E-state index >= 15 is 0 Å². The fourth-order valence-corrected chi connectivity index (χ4v) is 3.60. The molecule has 140 valence electrons. The van der Waals surface area contributed by atoms with Gasteiger partial charge in [0.2, 0.25) is 15.9 Å². The lowest BCUT2D eigenvalue weighted by Gasteiger charge is -2.20. The van der Waals surface area contributed by atoms with Crippen LogP contribution in [0, 0.1) is 0 Å². The summed E-state index contributed by atoms with van der Waals surface area (Å²) >= 11 is 0. The van der Waals surface area contributed by atoms with Gasteiger partial charge in [0.25, 0.3) is 0 Å². The van der Waals surface area contributed by atoms with Crippen LogP contribution in [0.5, 0.6) is 0 Å². The van der Waals surface area contributed by atoms with Gasteiger partial charge in [0.15, 0.2) is 0 Å². The summed E-state index contributed by atoms with van der Waals surface area (Å²) in [6, 6.07) is 19.5. The molecule has 0 aromatic heterocycles. The Hall–Kier alpha value is -2.18. The zero-order valence-electron chi connectivity index (χ0n) is 15.1. The van der Waals surface area contributed by atoms with E-state index in [1.165, 1.54) is 16.1 Å². The molecule has 0 aliphatic heterocycles. The predicted octanol–water partition coefficient (Wildman–Crippen LogP) is 2.24. The van der Waals surface area contributed by atoms with Crippen molar-refractivity contribution in [3.05, 3.63) is 71.8 Å². The number of benzene rings is 2. The maximum absolute atomic E-state index is 12.0. The largest absolute Gasteiger partial charge is 0.354 e. The van der Waals surface area contributed by atoms with Crippen molar-refractivity contribution in [2.45, 2.75) is 19.3 Å². The van der Waals surface area contributed by atoms with Gasteiger partial charge in [0, 0.05) is 19.6 Å². The van der Waals surface area contributed by atoms with Crippen molar-refractivity contribution in [3.63, 3.8) is 0 Å². The molecule has 2 aromatic carbocycles. The van der Waals surface area contributed by atoms with Crippen molar-refractivity contribution in [1.29, 1.82) is 0 Å². The molecule has 0 spiro atoms. The van der Waals surface area contributed by atoms with E-state index in [9.17, 15) is 13.2 Å². The van der Waals surface area contributed by atoms with Crippen LogP contribution in [0.1, 0.15) is 17.5 Å². The van der Waals surface area contributed by atoms with Crippen molar-refractivity contribution in [2.75, 3.05) is 25.9 Å². The molecule has 0 heterocycles. The predicted molar refractivity (Wildman–Crippen MR) is 104 cm³/mol. The molecule has 0 saturated carbocycles. The molecule has 0 unspecified atom stereocenters. The molecule has 6 heteroatoms. The van der Waals surface area contributed by atoms with Crippen LogP contribution >= 0.6 is 0 Å². The van der Waals surface area contributed by atoms with Gasteiger partial charge in [0.1, 0.15) is 0 Å². The zero-order chi connectivity index (χ0) is 18.8. The molecule has 0 aliphatic carbocycles. The average Bonchev–Trinajstić information content (AvgIpc) is 2.61. The van der Waals surface area contributed by atoms with Crippen molar-refractivity contribution in [2.24, 2.45) is 0 Å². The lowest BCUT2D eigenvalue weighted by atomic mass is 10.1. The average molecular weight is 375 g/mol. The molecular weight excluding hydrogens is 348 g/mol. The number of sulfonamides is 1. The third-order valence-corrected chi connectivity index (χ3v) is 5.38. The first-order chi connectivity index (χ1) is 12.4. The van der Waals surface area contributed by atoms with Crippen molar-refractivity contribution in [1.82, 2.24) is 9.62 Å². The van der Waals surface area contributed by atoms with Crippen LogP contribution in [-0.2, 0) is 27.7 Å². The summed E-state index contributed by atoms with van der Waals surface area (Å²) in [5.74, 6) is -0.103. The van der Waals surface area contributed by atoms with Gasteiger partial charge < -0.3 is 5.32 Å². The SMILES string of the molecule is CS(=O)(=O)N(CCCc1ccccc1)CCNC(=O)Cc1ccccc1. The third kappa shape index (κ3) is 7.37. The summed E-state index contributed by atoms with van der Waals surface area (Å²) in [6.45, 7) is 1.04. The van der Waals surface area contributed by atoms with Gasteiger partial charge in [-0.3, -0.25) is 4.79 Å². The van der Waals surface area contributed by atoms with E-state index in [-0.39, 0.29) is 12.5 Å². The van der Waals surface area contributed by atoms with E-state index in [1.54, 1.807) is 0 Å². The molecular formula is C20H26N2O3S. The molecule has 0 radical (unpaired) electrons. The number of carbonyl (C=O) groups is 1. The summed E-state index contributed by atoms with van der Waals surface area (Å²) in [5.41, 5.74) is 2.13. The topological polar surface area (TPSA) is 66.5 Å². The first-order valence-electron chi connectivity index (χ1n) is 8.75. The molecule has 0 fully saturated rings. The van der Waals surface area contributed by atoms with E-state index in [1.807, 2.05) is 60.7 Å². The summed E-state index contributed by atoms with van der Waals surface area (Å²) in [6.07, 6.45) is 3.08. The van der Waals surface area contributed by atoms with Gasteiger partial charge in [-0.25, -0.2) is 12.7 Å². The fraction of sp³-hybridized carbons (Fsp3) is 0.350. The molecule has 0 aliphatic rings. The smallest absolute Gasteiger partial charge is 0.224 e. The molecule has 0 bridgehead atoms. The summed E-state index contributed by atoms with van der Waals surface area (Å²) in [7, 11) is -3.29. The molecule has 0 saturated heterocycles. The highest BCUT2D eigenvalue weighted by atomic mass is 32.2. The van der Waals surface area contributed by atoms with Crippen LogP contribution in [0.25, 0.3) is 0 Å². The number of amides is 1. The van der Waals surface area contributed by atoms with Crippen LogP contribution in [-0.4, -0.2) is 44.5 Å². The molecule has 2 rings (SSSR count). The second-order valence-electron chi connectivity index (χ2n) is 6.26. The van der Waals surface area contributed by atoms with E-state index in [4.69, 9.17) is 0 Å². The molecule has 0 atom stereocenters. The maximum Gasteiger partial charge on any atom is 0.224 e. The van der Waals surface area contributed by atoms with Crippen LogP contribution < -0.4 is 5.32 Å². The minimum absolute atomic E-state index is 0.103. The van der Waals surface area contributed by atoms with Crippen molar-refractivity contribution in [3.8, 4) is 0 Å². The normalized spacial score (nSPS) is 11.5. The number of rotatable bonds is 10. The lowest BCUT2D eigenvalue weighted by molar-refractivity contribution is -0.120. The molecule has 26 heavy (non-hydrogen) atoms. The number of carbonyl (C=O) groups excluding carboxylic acids is 1. The first kappa shape index (κ1) is 20.1. The van der Waals surface area contributed by atoms with Crippen LogP contribution in [0.4, 0.5) is 0 Å². The van der Waals surface area contributed by atoms with E-state index in [0.717, 1.165) is 18.4 Å². The summed E-state index contributed by atoms with van der Waals surface area (Å²) in [5, 5.41) is 2.80. The van der Waals surface area contributed by atoms with Gasteiger partial charge in [-0.1, -0.05) is 60.7 Å². The van der Waals surface area contributed by atoms with Crippen LogP contribution in [0.3, 0.4) is 0 Å². The van der Waals surface area contributed by atoms with Crippen molar-refractivity contribution < 1.29 is 13.2 Å².